The Morgan fingerprint density at radius 3 is 2.31 bits per heavy atom. The lowest BCUT2D eigenvalue weighted by molar-refractivity contribution is -0.135. The summed E-state index contributed by atoms with van der Waals surface area (Å²) in [6.45, 7) is 7.59. The summed E-state index contributed by atoms with van der Waals surface area (Å²) in [5.74, 6) is 1.90. The average Bonchev–Trinajstić information content (AvgIpc) is 3.30. The van der Waals surface area contributed by atoms with Crippen LogP contribution >= 0.6 is 24.0 Å². The van der Waals surface area contributed by atoms with Gasteiger partial charge in [0, 0.05) is 58.3 Å². The fourth-order valence-electron chi connectivity index (χ4n) is 4.57. The Morgan fingerprint density at radius 2 is 1.69 bits per heavy atom. The van der Waals surface area contributed by atoms with E-state index in [1.807, 2.05) is 11.9 Å². The van der Waals surface area contributed by atoms with Gasteiger partial charge in [0.2, 0.25) is 5.91 Å². The van der Waals surface area contributed by atoms with Crippen molar-refractivity contribution in [2.75, 3.05) is 46.3 Å². The maximum atomic E-state index is 12.7. The van der Waals surface area contributed by atoms with Crippen molar-refractivity contribution < 1.29 is 4.79 Å². The van der Waals surface area contributed by atoms with Crippen LogP contribution in [0.3, 0.4) is 0 Å². The van der Waals surface area contributed by atoms with Crippen LogP contribution < -0.4 is 5.32 Å². The van der Waals surface area contributed by atoms with Gasteiger partial charge in [-0.25, -0.2) is 0 Å². The van der Waals surface area contributed by atoms with Crippen molar-refractivity contribution in [3.05, 3.63) is 35.9 Å². The summed E-state index contributed by atoms with van der Waals surface area (Å²) in [7, 11) is 1.87. The minimum atomic E-state index is -0.0129. The maximum absolute atomic E-state index is 12.7. The first-order valence-corrected chi connectivity index (χ1v) is 10.7. The molecule has 1 amide bonds. The van der Waals surface area contributed by atoms with E-state index in [0.29, 0.717) is 17.9 Å². The van der Waals surface area contributed by atoms with Crippen LogP contribution in [0.4, 0.5) is 0 Å². The molecule has 2 saturated heterocycles. The molecule has 1 N–H and O–H groups in total. The molecule has 1 saturated carbocycles. The molecule has 1 aromatic rings. The maximum Gasteiger partial charge on any atom is 0.239 e. The number of piperazine rings is 1. The Bertz CT molecular complexity index is 698. The first-order chi connectivity index (χ1) is 13.7. The molecule has 29 heavy (non-hydrogen) atoms. The summed E-state index contributed by atoms with van der Waals surface area (Å²) < 4.78 is 0. The van der Waals surface area contributed by atoms with Crippen molar-refractivity contribution in [1.29, 1.82) is 0 Å². The predicted octanol–water partition coefficient (Wildman–Crippen LogP) is 2.36. The number of nitrogens with one attached hydrogen (secondary N) is 1. The van der Waals surface area contributed by atoms with Gasteiger partial charge in [0.05, 0.1) is 6.04 Å². The summed E-state index contributed by atoms with van der Waals surface area (Å²) in [4.78, 5) is 23.9. The number of amides is 1. The molecule has 160 valence electrons. The number of carbonyl (C=O) groups excluding carboxylic acids is 1. The predicted molar refractivity (Wildman–Crippen MR) is 128 cm³/mol. The van der Waals surface area contributed by atoms with E-state index >= 15 is 0 Å². The van der Waals surface area contributed by atoms with Gasteiger partial charge in [0.15, 0.2) is 5.96 Å². The third-order valence-corrected chi connectivity index (χ3v) is 6.48. The average molecular weight is 511 g/mol. The molecular formula is C22H34IN5O. The molecule has 0 bridgehead atoms. The van der Waals surface area contributed by atoms with Gasteiger partial charge < -0.3 is 15.1 Å². The van der Waals surface area contributed by atoms with E-state index in [9.17, 15) is 4.79 Å². The highest BCUT2D eigenvalue weighted by atomic mass is 127. The van der Waals surface area contributed by atoms with E-state index in [1.54, 1.807) is 0 Å². The SMILES string of the molecule is CN=C(NC1CC1c1ccccc1)N1CCN(C(C)C(=O)N2CCCC2)CC1.I. The highest BCUT2D eigenvalue weighted by Crippen LogP contribution is 2.40. The van der Waals surface area contributed by atoms with Gasteiger partial charge in [0.25, 0.3) is 0 Å². The second-order valence-corrected chi connectivity index (χ2v) is 8.28. The van der Waals surface area contributed by atoms with E-state index in [-0.39, 0.29) is 30.0 Å². The molecular weight excluding hydrogens is 477 g/mol. The summed E-state index contributed by atoms with van der Waals surface area (Å²) in [5.41, 5.74) is 1.41. The number of likely N-dealkylation sites (tertiary alicyclic amines) is 1. The molecule has 0 radical (unpaired) electrons. The first-order valence-electron chi connectivity index (χ1n) is 10.7. The minimum Gasteiger partial charge on any atom is -0.353 e. The van der Waals surface area contributed by atoms with E-state index in [2.05, 4.69) is 57.4 Å². The van der Waals surface area contributed by atoms with Gasteiger partial charge in [-0.3, -0.25) is 14.7 Å². The van der Waals surface area contributed by atoms with Crippen molar-refractivity contribution in [3.8, 4) is 0 Å². The fourth-order valence-corrected chi connectivity index (χ4v) is 4.57. The second kappa shape index (κ2) is 10.1. The van der Waals surface area contributed by atoms with Crippen LogP contribution in [-0.4, -0.2) is 85.0 Å². The Labute approximate surface area is 191 Å². The second-order valence-electron chi connectivity index (χ2n) is 8.28. The summed E-state index contributed by atoms with van der Waals surface area (Å²) in [6.07, 6.45) is 3.48. The Kier molecular flexibility index (Phi) is 7.79. The Balaban J connectivity index is 0.00000240. The zero-order chi connectivity index (χ0) is 19.5. The topological polar surface area (TPSA) is 51.2 Å². The lowest BCUT2D eigenvalue weighted by atomic mass is 10.1. The molecule has 4 rings (SSSR count). The molecule has 6 nitrogen and oxygen atoms in total. The summed E-state index contributed by atoms with van der Waals surface area (Å²) >= 11 is 0. The van der Waals surface area contributed by atoms with Gasteiger partial charge in [-0.2, -0.15) is 0 Å². The van der Waals surface area contributed by atoms with Crippen LogP contribution in [0.25, 0.3) is 0 Å². The molecule has 3 unspecified atom stereocenters. The molecule has 1 aliphatic carbocycles. The van der Waals surface area contributed by atoms with E-state index in [4.69, 9.17) is 0 Å². The highest BCUT2D eigenvalue weighted by molar-refractivity contribution is 14.0. The van der Waals surface area contributed by atoms with Crippen LogP contribution in [0.5, 0.6) is 0 Å². The van der Waals surface area contributed by atoms with E-state index in [0.717, 1.165) is 58.1 Å². The lowest BCUT2D eigenvalue weighted by Crippen LogP contribution is -2.57. The fraction of sp³-hybridized carbons (Fsp3) is 0.636. The van der Waals surface area contributed by atoms with Crippen LogP contribution in [0, 0.1) is 0 Å². The van der Waals surface area contributed by atoms with Crippen LogP contribution in [-0.2, 0) is 4.79 Å². The number of aliphatic imine (C=N–C) groups is 1. The smallest absolute Gasteiger partial charge is 0.239 e. The quantitative estimate of drug-likeness (QED) is 0.383. The van der Waals surface area contributed by atoms with Crippen molar-refractivity contribution in [1.82, 2.24) is 20.0 Å². The van der Waals surface area contributed by atoms with E-state index < -0.39 is 0 Å². The van der Waals surface area contributed by atoms with E-state index in [1.165, 1.54) is 12.0 Å². The van der Waals surface area contributed by atoms with Crippen LogP contribution in [0.2, 0.25) is 0 Å². The number of rotatable bonds is 4. The molecule has 3 fully saturated rings. The van der Waals surface area contributed by atoms with Crippen LogP contribution in [0.1, 0.15) is 37.7 Å². The number of guanidine groups is 1. The number of hydrogen-bond acceptors (Lipinski definition) is 3. The summed E-state index contributed by atoms with van der Waals surface area (Å²) in [6, 6.07) is 11.2. The van der Waals surface area contributed by atoms with Gasteiger partial charge in [-0.05, 0) is 31.7 Å². The lowest BCUT2D eigenvalue weighted by Gasteiger charge is -2.39. The molecule has 0 spiro atoms. The largest absolute Gasteiger partial charge is 0.353 e. The van der Waals surface area contributed by atoms with Crippen molar-refractivity contribution in [3.63, 3.8) is 0 Å². The highest BCUT2D eigenvalue weighted by Gasteiger charge is 2.40. The van der Waals surface area contributed by atoms with Crippen molar-refractivity contribution >= 4 is 35.8 Å². The molecule has 2 heterocycles. The number of halogens is 1. The Hall–Kier alpha value is -1.35. The molecule has 1 aromatic carbocycles. The number of benzene rings is 1. The first kappa shape index (κ1) is 22.3. The monoisotopic (exact) mass is 511 g/mol. The number of nitrogens with zero attached hydrogens (tertiary/aromatic N) is 4. The molecule has 3 atom stereocenters. The zero-order valence-electron chi connectivity index (χ0n) is 17.6. The molecule has 3 aliphatic rings. The van der Waals surface area contributed by atoms with Gasteiger partial charge in [0.1, 0.15) is 0 Å². The third kappa shape index (κ3) is 5.23. The van der Waals surface area contributed by atoms with Gasteiger partial charge in [-0.1, -0.05) is 30.3 Å². The molecule has 0 aromatic heterocycles. The van der Waals surface area contributed by atoms with Gasteiger partial charge >= 0.3 is 0 Å². The molecule has 2 aliphatic heterocycles. The summed E-state index contributed by atoms with van der Waals surface area (Å²) in [5, 5.41) is 3.65. The minimum absolute atomic E-state index is 0. The Morgan fingerprint density at radius 1 is 1.03 bits per heavy atom. The normalized spacial score (nSPS) is 26.1. The van der Waals surface area contributed by atoms with Crippen molar-refractivity contribution in [2.24, 2.45) is 4.99 Å². The van der Waals surface area contributed by atoms with Gasteiger partial charge in [-0.15, -0.1) is 24.0 Å². The van der Waals surface area contributed by atoms with Crippen molar-refractivity contribution in [2.45, 2.75) is 44.2 Å². The standard InChI is InChI=1S/C22H33N5O.HI/c1-17(21(28)26-10-6-7-11-26)25-12-14-27(15-13-25)22(23-2)24-20-16-19(20)18-8-4-3-5-9-18;/h3-5,8-9,17,19-20H,6-7,10-16H2,1-2H3,(H,23,24);1H. The zero-order valence-corrected chi connectivity index (χ0v) is 19.9. The molecule has 7 heteroatoms. The van der Waals surface area contributed by atoms with Crippen LogP contribution in [0.15, 0.2) is 35.3 Å². The third-order valence-electron chi connectivity index (χ3n) is 6.48. The number of carbonyl (C=O) groups is 1. The number of hydrogen-bond donors (Lipinski definition) is 1.